The Morgan fingerprint density at radius 3 is 2.88 bits per heavy atom. The maximum atomic E-state index is 7.91. The lowest BCUT2D eigenvalue weighted by molar-refractivity contribution is 0.202. The van der Waals surface area contributed by atoms with Crippen molar-refractivity contribution in [2.75, 3.05) is 25.2 Å². The summed E-state index contributed by atoms with van der Waals surface area (Å²) in [5.41, 5.74) is 2.46. The van der Waals surface area contributed by atoms with Gasteiger partial charge in [-0.1, -0.05) is 18.2 Å². The molecule has 1 aliphatic rings. The molecule has 1 fully saturated rings. The minimum Gasteiger partial charge on any atom is -0.384 e. The molecule has 1 N–H and O–H groups in total. The maximum absolute atomic E-state index is 7.91. The highest BCUT2D eigenvalue weighted by molar-refractivity contribution is 5.98. The van der Waals surface area contributed by atoms with Crippen molar-refractivity contribution in [1.82, 2.24) is 0 Å². The molecule has 0 radical (unpaired) electrons. The summed E-state index contributed by atoms with van der Waals surface area (Å²) in [5, 5.41) is 7.91. The van der Waals surface area contributed by atoms with E-state index in [1.165, 1.54) is 11.3 Å². The second-order valence-electron chi connectivity index (χ2n) is 4.07. The molecular weight excluding hydrogens is 200 g/mol. The largest absolute Gasteiger partial charge is 0.384 e. The first-order valence-corrected chi connectivity index (χ1v) is 5.74. The monoisotopic (exact) mass is 218 g/mol. The molecule has 0 bridgehead atoms. The van der Waals surface area contributed by atoms with E-state index in [1.807, 2.05) is 12.1 Å². The van der Waals surface area contributed by atoms with Crippen molar-refractivity contribution in [3.63, 3.8) is 0 Å². The van der Waals surface area contributed by atoms with Crippen LogP contribution < -0.4 is 4.90 Å². The number of amidine groups is 1. The quantitative estimate of drug-likeness (QED) is 0.842. The number of methoxy groups -OCH3 is 1. The average molecular weight is 218 g/mol. The fraction of sp³-hybridized carbons (Fsp3) is 0.462. The Bertz CT molecular complexity index is 376. The molecule has 2 rings (SSSR count). The predicted octanol–water partition coefficient (Wildman–Crippen LogP) is 2.45. The summed E-state index contributed by atoms with van der Waals surface area (Å²) >= 11 is 0. The second-order valence-corrected chi connectivity index (χ2v) is 4.07. The van der Waals surface area contributed by atoms with Crippen LogP contribution in [0.5, 0.6) is 0 Å². The van der Waals surface area contributed by atoms with Crippen molar-refractivity contribution >= 4 is 11.5 Å². The molecule has 16 heavy (non-hydrogen) atoms. The third-order valence-corrected chi connectivity index (χ3v) is 2.98. The number of hydrogen-bond acceptors (Lipinski definition) is 2. The summed E-state index contributed by atoms with van der Waals surface area (Å²) in [7, 11) is 1.72. The molecule has 0 saturated carbocycles. The van der Waals surface area contributed by atoms with Crippen LogP contribution in [-0.2, 0) is 11.2 Å². The zero-order chi connectivity index (χ0) is 11.4. The molecule has 0 aliphatic carbocycles. The molecule has 3 heteroatoms. The van der Waals surface area contributed by atoms with E-state index in [0.29, 0.717) is 0 Å². The molecule has 1 saturated heterocycles. The minimum atomic E-state index is 0.734. The lowest BCUT2D eigenvalue weighted by Crippen LogP contribution is -2.24. The smallest absolute Gasteiger partial charge is 0.100 e. The van der Waals surface area contributed by atoms with Gasteiger partial charge in [0.05, 0.1) is 6.61 Å². The lowest BCUT2D eigenvalue weighted by Gasteiger charge is -2.21. The Morgan fingerprint density at radius 2 is 2.19 bits per heavy atom. The molecular formula is C13H18N2O. The van der Waals surface area contributed by atoms with Gasteiger partial charge in [-0.05, 0) is 24.5 Å². The standard InChI is InChI=1S/C13H18N2O/c1-16-10-8-11-5-2-3-6-12(11)15-9-4-7-13(15)14/h2-3,5-6,14H,4,7-10H2,1H3. The zero-order valence-corrected chi connectivity index (χ0v) is 9.70. The molecule has 0 spiro atoms. The molecule has 1 aromatic rings. The third kappa shape index (κ3) is 2.25. The van der Waals surface area contributed by atoms with E-state index in [9.17, 15) is 0 Å². The molecule has 0 atom stereocenters. The Balaban J connectivity index is 2.21. The molecule has 1 aliphatic heterocycles. The van der Waals surface area contributed by atoms with Gasteiger partial charge in [0.25, 0.3) is 0 Å². The predicted molar refractivity (Wildman–Crippen MR) is 66.3 cm³/mol. The average Bonchev–Trinajstić information content (AvgIpc) is 2.73. The number of anilines is 1. The number of benzene rings is 1. The second kappa shape index (κ2) is 5.12. The van der Waals surface area contributed by atoms with E-state index >= 15 is 0 Å². The Kier molecular flexibility index (Phi) is 3.57. The Morgan fingerprint density at radius 1 is 1.38 bits per heavy atom. The van der Waals surface area contributed by atoms with E-state index in [2.05, 4.69) is 17.0 Å². The number of nitrogens with zero attached hydrogens (tertiary/aromatic N) is 1. The number of rotatable bonds is 4. The topological polar surface area (TPSA) is 36.3 Å². The van der Waals surface area contributed by atoms with Crippen LogP contribution in [-0.4, -0.2) is 26.1 Å². The van der Waals surface area contributed by atoms with Crippen LogP contribution >= 0.6 is 0 Å². The highest BCUT2D eigenvalue weighted by Crippen LogP contribution is 2.25. The minimum absolute atomic E-state index is 0.734. The molecule has 0 aromatic heterocycles. The fourth-order valence-corrected chi connectivity index (χ4v) is 2.14. The highest BCUT2D eigenvalue weighted by Gasteiger charge is 2.20. The van der Waals surface area contributed by atoms with Gasteiger partial charge < -0.3 is 9.64 Å². The summed E-state index contributed by atoms with van der Waals surface area (Å²) in [6, 6.07) is 8.32. The lowest BCUT2D eigenvalue weighted by atomic mass is 10.1. The SMILES string of the molecule is COCCc1ccccc1N1CCCC1=N. The molecule has 1 heterocycles. The summed E-state index contributed by atoms with van der Waals surface area (Å²) in [5.74, 6) is 0.741. The summed E-state index contributed by atoms with van der Waals surface area (Å²) < 4.78 is 5.12. The first kappa shape index (κ1) is 11.1. The van der Waals surface area contributed by atoms with Crippen molar-refractivity contribution in [2.45, 2.75) is 19.3 Å². The number of hydrogen-bond donors (Lipinski definition) is 1. The van der Waals surface area contributed by atoms with Gasteiger partial charge in [-0.3, -0.25) is 5.41 Å². The van der Waals surface area contributed by atoms with E-state index < -0.39 is 0 Å². The summed E-state index contributed by atoms with van der Waals surface area (Å²) in [4.78, 5) is 2.12. The van der Waals surface area contributed by atoms with Gasteiger partial charge in [-0.25, -0.2) is 0 Å². The van der Waals surface area contributed by atoms with E-state index in [-0.39, 0.29) is 0 Å². The van der Waals surface area contributed by atoms with Crippen LogP contribution in [0.3, 0.4) is 0 Å². The van der Waals surface area contributed by atoms with Gasteiger partial charge in [0, 0.05) is 25.8 Å². The van der Waals surface area contributed by atoms with Crippen LogP contribution in [0.25, 0.3) is 0 Å². The van der Waals surface area contributed by atoms with Gasteiger partial charge >= 0.3 is 0 Å². The van der Waals surface area contributed by atoms with Crippen LogP contribution in [0.2, 0.25) is 0 Å². The Hall–Kier alpha value is -1.35. The number of para-hydroxylation sites is 1. The van der Waals surface area contributed by atoms with Crippen molar-refractivity contribution in [1.29, 1.82) is 5.41 Å². The van der Waals surface area contributed by atoms with E-state index in [1.54, 1.807) is 7.11 Å². The Labute approximate surface area is 96.5 Å². The maximum Gasteiger partial charge on any atom is 0.100 e. The van der Waals surface area contributed by atoms with Gasteiger partial charge in [-0.2, -0.15) is 0 Å². The number of nitrogens with one attached hydrogen (secondary N) is 1. The molecule has 86 valence electrons. The van der Waals surface area contributed by atoms with Gasteiger partial charge in [0.1, 0.15) is 5.84 Å². The molecule has 0 unspecified atom stereocenters. The molecule has 0 amide bonds. The van der Waals surface area contributed by atoms with Crippen LogP contribution in [0.15, 0.2) is 24.3 Å². The van der Waals surface area contributed by atoms with Gasteiger partial charge in [0.15, 0.2) is 0 Å². The first-order chi connectivity index (χ1) is 7.83. The highest BCUT2D eigenvalue weighted by atomic mass is 16.5. The van der Waals surface area contributed by atoms with Gasteiger partial charge in [-0.15, -0.1) is 0 Å². The first-order valence-electron chi connectivity index (χ1n) is 5.74. The van der Waals surface area contributed by atoms with E-state index in [4.69, 9.17) is 10.1 Å². The normalized spacial score (nSPS) is 15.8. The zero-order valence-electron chi connectivity index (χ0n) is 9.70. The van der Waals surface area contributed by atoms with Crippen molar-refractivity contribution < 1.29 is 4.74 Å². The van der Waals surface area contributed by atoms with E-state index in [0.717, 1.165) is 38.2 Å². The molecule has 3 nitrogen and oxygen atoms in total. The summed E-state index contributed by atoms with van der Waals surface area (Å²) in [6.45, 7) is 1.71. The van der Waals surface area contributed by atoms with Crippen LogP contribution in [0.1, 0.15) is 18.4 Å². The number of ether oxygens (including phenoxy) is 1. The van der Waals surface area contributed by atoms with Crippen LogP contribution in [0.4, 0.5) is 5.69 Å². The molecule has 1 aromatic carbocycles. The third-order valence-electron chi connectivity index (χ3n) is 2.98. The van der Waals surface area contributed by atoms with Crippen molar-refractivity contribution in [3.8, 4) is 0 Å². The van der Waals surface area contributed by atoms with Crippen molar-refractivity contribution in [3.05, 3.63) is 29.8 Å². The van der Waals surface area contributed by atoms with Crippen LogP contribution in [0, 0.1) is 5.41 Å². The van der Waals surface area contributed by atoms with Gasteiger partial charge in [0.2, 0.25) is 0 Å². The summed E-state index contributed by atoms with van der Waals surface area (Å²) in [6.07, 6.45) is 2.91. The fourth-order valence-electron chi connectivity index (χ4n) is 2.14. The van der Waals surface area contributed by atoms with Crippen molar-refractivity contribution in [2.24, 2.45) is 0 Å².